The Labute approximate surface area is 87.1 Å². The summed E-state index contributed by atoms with van der Waals surface area (Å²) >= 11 is 0. The predicted octanol–water partition coefficient (Wildman–Crippen LogP) is 0.879. The molecule has 3 atom stereocenters. The molecule has 3 unspecified atom stereocenters. The highest BCUT2D eigenvalue weighted by Gasteiger charge is 2.28. The lowest BCUT2D eigenvalue weighted by Crippen LogP contribution is -2.34. The molecule has 0 saturated heterocycles. The maximum absolute atomic E-state index is 11.6. The average Bonchev–Trinajstić information content (AvgIpc) is 2.02. The Morgan fingerprint density at radius 1 is 1.43 bits per heavy atom. The smallest absolute Gasteiger partial charge is 0.319 e. The van der Waals surface area contributed by atoms with E-state index in [9.17, 15) is 9.00 Å². The second kappa shape index (κ2) is 6.14. The van der Waals surface area contributed by atoms with E-state index in [0.29, 0.717) is 0 Å². The largest absolute Gasteiger partial charge is 0.480 e. The molecular weight excluding hydrogens is 204 g/mol. The van der Waals surface area contributed by atoms with Crippen molar-refractivity contribution in [2.24, 2.45) is 5.92 Å². The van der Waals surface area contributed by atoms with Crippen molar-refractivity contribution < 1.29 is 18.8 Å². The maximum atomic E-state index is 11.6. The van der Waals surface area contributed by atoms with Crippen LogP contribution in [0.1, 0.15) is 20.8 Å². The summed E-state index contributed by atoms with van der Waals surface area (Å²) in [6.45, 7) is 5.29. The minimum atomic E-state index is -1.37. The van der Waals surface area contributed by atoms with Gasteiger partial charge in [0.05, 0.1) is 11.9 Å². The highest BCUT2D eigenvalue weighted by molar-refractivity contribution is 7.86. The van der Waals surface area contributed by atoms with Gasteiger partial charge in [-0.3, -0.25) is 9.00 Å². The molecular formula is C9H18O4S. The third kappa shape index (κ3) is 4.19. The molecule has 0 aromatic rings. The summed E-state index contributed by atoms with van der Waals surface area (Å²) in [5.41, 5.74) is 0. The van der Waals surface area contributed by atoms with Gasteiger partial charge in [0, 0.05) is 17.9 Å². The molecule has 84 valence electrons. The Balaban J connectivity index is 4.38. The summed E-state index contributed by atoms with van der Waals surface area (Å²) in [4.78, 5) is 10.8. The first-order valence-corrected chi connectivity index (χ1v) is 5.91. The molecule has 0 saturated carbocycles. The highest BCUT2D eigenvalue weighted by Crippen LogP contribution is 2.11. The third-order valence-corrected chi connectivity index (χ3v) is 4.04. The van der Waals surface area contributed by atoms with E-state index >= 15 is 0 Å². The molecule has 0 aliphatic carbocycles. The first-order chi connectivity index (χ1) is 6.40. The van der Waals surface area contributed by atoms with E-state index < -0.39 is 22.0 Å². The van der Waals surface area contributed by atoms with E-state index in [1.165, 1.54) is 7.11 Å². The van der Waals surface area contributed by atoms with Crippen molar-refractivity contribution in [2.75, 3.05) is 12.9 Å². The molecule has 0 aliphatic heterocycles. The van der Waals surface area contributed by atoms with Crippen molar-refractivity contribution in [3.63, 3.8) is 0 Å². The number of aliphatic carboxylic acids is 1. The molecule has 0 amide bonds. The van der Waals surface area contributed by atoms with Crippen LogP contribution >= 0.6 is 0 Å². The van der Waals surface area contributed by atoms with Crippen LogP contribution in [0.2, 0.25) is 0 Å². The van der Waals surface area contributed by atoms with Gasteiger partial charge in [0.2, 0.25) is 0 Å². The predicted molar refractivity (Wildman–Crippen MR) is 55.7 cm³/mol. The van der Waals surface area contributed by atoms with Gasteiger partial charge in [-0.25, -0.2) is 0 Å². The Morgan fingerprint density at radius 2 is 1.93 bits per heavy atom. The molecule has 1 N–H and O–H groups in total. The van der Waals surface area contributed by atoms with E-state index in [4.69, 9.17) is 9.84 Å². The number of rotatable bonds is 6. The van der Waals surface area contributed by atoms with Gasteiger partial charge in [-0.2, -0.15) is 0 Å². The van der Waals surface area contributed by atoms with Gasteiger partial charge in [-0.15, -0.1) is 0 Å². The van der Waals surface area contributed by atoms with Crippen molar-refractivity contribution in [1.29, 1.82) is 0 Å². The normalized spacial score (nSPS) is 17.8. The molecule has 4 nitrogen and oxygen atoms in total. The van der Waals surface area contributed by atoms with Gasteiger partial charge in [0.25, 0.3) is 0 Å². The molecule has 0 radical (unpaired) electrons. The average molecular weight is 222 g/mol. The summed E-state index contributed by atoms with van der Waals surface area (Å²) in [7, 11) is 0.148. The van der Waals surface area contributed by atoms with Crippen LogP contribution in [-0.2, 0) is 20.3 Å². The molecule has 0 aromatic carbocycles. The van der Waals surface area contributed by atoms with Crippen molar-refractivity contribution in [2.45, 2.75) is 32.1 Å². The van der Waals surface area contributed by atoms with Gasteiger partial charge >= 0.3 is 5.97 Å². The van der Waals surface area contributed by atoms with Crippen LogP contribution in [-0.4, -0.2) is 39.5 Å². The van der Waals surface area contributed by atoms with E-state index in [1.807, 2.05) is 0 Å². The van der Waals surface area contributed by atoms with Crippen molar-refractivity contribution in [3.8, 4) is 0 Å². The zero-order chi connectivity index (χ0) is 11.3. The van der Waals surface area contributed by atoms with Crippen LogP contribution in [0.15, 0.2) is 0 Å². The minimum Gasteiger partial charge on any atom is -0.480 e. The molecule has 0 rings (SSSR count). The van der Waals surface area contributed by atoms with Crippen LogP contribution in [0, 0.1) is 5.92 Å². The molecule has 0 aromatic heterocycles. The molecule has 0 bridgehead atoms. The summed E-state index contributed by atoms with van der Waals surface area (Å²) < 4.78 is 16.6. The van der Waals surface area contributed by atoms with Crippen LogP contribution in [0.4, 0.5) is 0 Å². The number of ether oxygens (including phenoxy) is 1. The Hall–Kier alpha value is -0.420. The third-order valence-electron chi connectivity index (χ3n) is 1.93. The SMILES string of the molecule is COC(C)CS(=O)C(C(=O)O)C(C)C. The summed E-state index contributed by atoms with van der Waals surface area (Å²) in [5.74, 6) is -0.856. The number of carboxylic acid groups (broad SMARTS) is 1. The second-order valence-electron chi connectivity index (χ2n) is 3.60. The fraction of sp³-hybridized carbons (Fsp3) is 0.889. The molecule has 0 heterocycles. The fourth-order valence-electron chi connectivity index (χ4n) is 1.10. The lowest BCUT2D eigenvalue weighted by Gasteiger charge is -2.17. The van der Waals surface area contributed by atoms with Gasteiger partial charge in [-0.05, 0) is 12.8 Å². The van der Waals surface area contributed by atoms with Crippen LogP contribution < -0.4 is 0 Å². The van der Waals surface area contributed by atoms with Crippen LogP contribution in [0.3, 0.4) is 0 Å². The van der Waals surface area contributed by atoms with Gasteiger partial charge in [-0.1, -0.05) is 13.8 Å². The fourth-order valence-corrected chi connectivity index (χ4v) is 2.74. The maximum Gasteiger partial charge on any atom is 0.319 e. The van der Waals surface area contributed by atoms with E-state index in [0.717, 1.165) is 0 Å². The van der Waals surface area contributed by atoms with Gasteiger partial charge in [0.15, 0.2) is 0 Å². The van der Waals surface area contributed by atoms with Crippen molar-refractivity contribution in [3.05, 3.63) is 0 Å². The van der Waals surface area contributed by atoms with Gasteiger partial charge < -0.3 is 9.84 Å². The van der Waals surface area contributed by atoms with E-state index in [1.54, 1.807) is 20.8 Å². The lowest BCUT2D eigenvalue weighted by atomic mass is 10.1. The number of hydrogen-bond donors (Lipinski definition) is 1. The zero-order valence-corrected chi connectivity index (χ0v) is 9.84. The first kappa shape index (κ1) is 13.6. The minimum absolute atomic E-state index is 0.127. The number of carbonyl (C=O) groups is 1. The monoisotopic (exact) mass is 222 g/mol. The molecule has 14 heavy (non-hydrogen) atoms. The molecule has 5 heteroatoms. The molecule has 0 aliphatic rings. The second-order valence-corrected chi connectivity index (χ2v) is 5.20. The summed E-state index contributed by atoms with van der Waals surface area (Å²) in [6.07, 6.45) is -0.170. The number of carboxylic acids is 1. The van der Waals surface area contributed by atoms with Crippen LogP contribution in [0.25, 0.3) is 0 Å². The van der Waals surface area contributed by atoms with Gasteiger partial charge in [0.1, 0.15) is 5.25 Å². The number of methoxy groups -OCH3 is 1. The summed E-state index contributed by atoms with van der Waals surface area (Å²) in [5, 5.41) is 8.07. The topological polar surface area (TPSA) is 63.6 Å². The van der Waals surface area contributed by atoms with Crippen molar-refractivity contribution in [1.82, 2.24) is 0 Å². The highest BCUT2D eigenvalue weighted by atomic mass is 32.2. The van der Waals surface area contributed by atoms with Crippen molar-refractivity contribution >= 4 is 16.8 Å². The molecule has 0 fully saturated rings. The molecule has 0 spiro atoms. The van der Waals surface area contributed by atoms with E-state index in [2.05, 4.69) is 0 Å². The van der Waals surface area contributed by atoms with Crippen LogP contribution in [0.5, 0.6) is 0 Å². The standard InChI is InChI=1S/C9H18O4S/c1-6(2)8(9(10)11)14(12)5-7(3)13-4/h6-8H,5H2,1-4H3,(H,10,11). The Morgan fingerprint density at radius 3 is 2.21 bits per heavy atom. The summed E-state index contributed by atoms with van der Waals surface area (Å²) in [6, 6.07) is 0. The lowest BCUT2D eigenvalue weighted by molar-refractivity contribution is -0.137. The Bertz CT molecular complexity index is 215. The first-order valence-electron chi connectivity index (χ1n) is 4.53. The Kier molecular flexibility index (Phi) is 5.95. The number of hydrogen-bond acceptors (Lipinski definition) is 3. The zero-order valence-electron chi connectivity index (χ0n) is 9.02. The quantitative estimate of drug-likeness (QED) is 0.724. The van der Waals surface area contributed by atoms with E-state index in [-0.39, 0.29) is 17.8 Å².